The van der Waals surface area contributed by atoms with Gasteiger partial charge in [-0.2, -0.15) is 10.2 Å². The van der Waals surface area contributed by atoms with Crippen LogP contribution in [-0.4, -0.2) is 15.0 Å². The maximum Gasteiger partial charge on any atom is 0.417 e. The molecule has 0 saturated carbocycles. The van der Waals surface area contributed by atoms with Gasteiger partial charge in [0.15, 0.2) is 11.4 Å². The van der Waals surface area contributed by atoms with Crippen LogP contribution in [0.1, 0.15) is 16.7 Å². The van der Waals surface area contributed by atoms with Crippen molar-refractivity contribution in [2.45, 2.75) is 13.8 Å². The first-order valence-corrected chi connectivity index (χ1v) is 9.01. The minimum atomic E-state index is -0.517. The maximum absolute atomic E-state index is 11.3. The Balaban J connectivity index is 1.62. The zero-order valence-electron chi connectivity index (χ0n) is 15.5. The molecule has 0 amide bonds. The lowest BCUT2D eigenvalue weighted by molar-refractivity contribution is 0.555. The van der Waals surface area contributed by atoms with E-state index in [1.54, 1.807) is 18.2 Å². The number of fused-ring (bicyclic) bond motifs is 1. The zero-order valence-corrected chi connectivity index (χ0v) is 16.3. The van der Waals surface area contributed by atoms with Gasteiger partial charge in [0.25, 0.3) is 0 Å². The summed E-state index contributed by atoms with van der Waals surface area (Å²) >= 11 is 6.23. The molecule has 0 bridgehead atoms. The molecule has 3 N–H and O–H groups in total. The number of nitriles is 1. The van der Waals surface area contributed by atoms with Gasteiger partial charge < -0.3 is 15.1 Å². The summed E-state index contributed by atoms with van der Waals surface area (Å²) < 4.78 is 5.00. The summed E-state index contributed by atoms with van der Waals surface area (Å²) in [6, 6.07) is 11.1. The minimum Gasteiger partial charge on any atom is -0.408 e. The number of halogens is 1. The van der Waals surface area contributed by atoms with Crippen LogP contribution in [0.25, 0.3) is 11.1 Å². The first-order valence-electron chi connectivity index (χ1n) is 8.64. The van der Waals surface area contributed by atoms with E-state index in [-0.39, 0.29) is 0 Å². The van der Waals surface area contributed by atoms with Crippen molar-refractivity contribution in [2.24, 2.45) is 0 Å². The molecule has 29 heavy (non-hydrogen) atoms. The van der Waals surface area contributed by atoms with Gasteiger partial charge in [0.05, 0.1) is 23.3 Å². The Morgan fingerprint density at radius 2 is 1.90 bits per heavy atom. The Labute approximate surface area is 170 Å². The molecule has 8 nitrogen and oxygen atoms in total. The molecule has 0 unspecified atom stereocenters. The molecule has 0 aliphatic heterocycles. The Kier molecular flexibility index (Phi) is 4.66. The van der Waals surface area contributed by atoms with Gasteiger partial charge in [0.2, 0.25) is 5.95 Å². The fraction of sp³-hybridized carbons (Fsp3) is 0.100. The molecule has 2 heterocycles. The predicted octanol–water partition coefficient (Wildman–Crippen LogP) is 4.54. The Hall–Kier alpha value is -3.83. The van der Waals surface area contributed by atoms with E-state index in [4.69, 9.17) is 16.0 Å². The summed E-state index contributed by atoms with van der Waals surface area (Å²) in [5, 5.41) is 15.8. The lowest BCUT2D eigenvalue weighted by atomic mass is 10.0. The summed E-state index contributed by atoms with van der Waals surface area (Å²) in [5.74, 6) is 0.228. The molecule has 4 rings (SSSR count). The van der Waals surface area contributed by atoms with Gasteiger partial charge in [-0.05, 0) is 55.3 Å². The normalized spacial score (nSPS) is 10.7. The standard InChI is InChI=1S/C20H15ClN6O2/c1-10-5-13(6-11(2)14(10)8-22)25-19-23-9-15(21)18(27-19)24-12-3-4-17-16(7-12)26-20(28)29-17/h3-7,9H,1-2H3,(H,26,28)(H2,23,24,25,27). The second-order valence-electron chi connectivity index (χ2n) is 6.46. The number of oxazole rings is 1. The number of anilines is 4. The van der Waals surface area contributed by atoms with Gasteiger partial charge in [-0.15, -0.1) is 0 Å². The van der Waals surface area contributed by atoms with Crippen LogP contribution in [0, 0.1) is 25.2 Å². The summed E-state index contributed by atoms with van der Waals surface area (Å²) in [5.41, 5.74) is 4.85. The van der Waals surface area contributed by atoms with E-state index in [9.17, 15) is 10.1 Å². The van der Waals surface area contributed by atoms with Crippen LogP contribution in [-0.2, 0) is 0 Å². The molecule has 0 fully saturated rings. The summed E-state index contributed by atoms with van der Waals surface area (Å²) in [4.78, 5) is 22.5. The number of nitrogens with one attached hydrogen (secondary N) is 3. The molecule has 144 valence electrons. The largest absolute Gasteiger partial charge is 0.417 e. The monoisotopic (exact) mass is 406 g/mol. The van der Waals surface area contributed by atoms with E-state index in [1.807, 2.05) is 26.0 Å². The molecule has 0 saturated heterocycles. The van der Waals surface area contributed by atoms with E-state index in [1.165, 1.54) is 6.20 Å². The molecule has 0 spiro atoms. The average Bonchev–Trinajstić information content (AvgIpc) is 3.03. The van der Waals surface area contributed by atoms with E-state index >= 15 is 0 Å². The second kappa shape index (κ2) is 7.30. The van der Waals surface area contributed by atoms with Crippen molar-refractivity contribution in [1.82, 2.24) is 15.0 Å². The Morgan fingerprint density at radius 1 is 1.14 bits per heavy atom. The van der Waals surface area contributed by atoms with Crippen LogP contribution < -0.4 is 16.4 Å². The van der Waals surface area contributed by atoms with Crippen molar-refractivity contribution in [3.05, 3.63) is 68.8 Å². The third-order valence-electron chi connectivity index (χ3n) is 4.33. The average molecular weight is 407 g/mol. The van der Waals surface area contributed by atoms with Crippen molar-refractivity contribution in [1.29, 1.82) is 5.26 Å². The van der Waals surface area contributed by atoms with Crippen LogP contribution in [0.4, 0.5) is 23.1 Å². The fourth-order valence-electron chi connectivity index (χ4n) is 3.02. The molecule has 0 atom stereocenters. The highest BCUT2D eigenvalue weighted by molar-refractivity contribution is 6.32. The number of aromatic nitrogens is 3. The topological polar surface area (TPSA) is 120 Å². The molecule has 2 aromatic carbocycles. The number of aromatic amines is 1. The first-order chi connectivity index (χ1) is 13.9. The van der Waals surface area contributed by atoms with Gasteiger partial charge in [-0.1, -0.05) is 11.6 Å². The van der Waals surface area contributed by atoms with Gasteiger partial charge in [-0.25, -0.2) is 9.78 Å². The smallest absolute Gasteiger partial charge is 0.408 e. The zero-order chi connectivity index (χ0) is 20.5. The molecule has 4 aromatic rings. The van der Waals surface area contributed by atoms with Gasteiger partial charge in [0, 0.05) is 11.4 Å². The van der Waals surface area contributed by atoms with Crippen LogP contribution in [0.2, 0.25) is 5.02 Å². The fourth-order valence-corrected chi connectivity index (χ4v) is 3.16. The molecule has 9 heteroatoms. The van der Waals surface area contributed by atoms with Crippen molar-refractivity contribution < 1.29 is 4.42 Å². The lowest BCUT2D eigenvalue weighted by Crippen LogP contribution is -2.02. The molecule has 0 radical (unpaired) electrons. The van der Waals surface area contributed by atoms with E-state index in [2.05, 4.69) is 31.7 Å². The number of H-pyrrole nitrogens is 1. The summed E-state index contributed by atoms with van der Waals surface area (Å²) in [6.07, 6.45) is 1.49. The minimum absolute atomic E-state index is 0.337. The van der Waals surface area contributed by atoms with Crippen LogP contribution in [0.3, 0.4) is 0 Å². The van der Waals surface area contributed by atoms with Crippen molar-refractivity contribution >= 4 is 45.8 Å². The van der Waals surface area contributed by atoms with E-state index in [0.29, 0.717) is 39.1 Å². The molecule has 2 aromatic heterocycles. The number of nitrogens with zero attached hydrogens (tertiary/aromatic N) is 3. The highest BCUT2D eigenvalue weighted by atomic mass is 35.5. The quantitative estimate of drug-likeness (QED) is 0.455. The second-order valence-corrected chi connectivity index (χ2v) is 6.87. The van der Waals surface area contributed by atoms with Gasteiger partial charge >= 0.3 is 5.76 Å². The number of aryl methyl sites for hydroxylation is 2. The van der Waals surface area contributed by atoms with E-state index < -0.39 is 5.76 Å². The van der Waals surface area contributed by atoms with Crippen LogP contribution >= 0.6 is 11.6 Å². The van der Waals surface area contributed by atoms with Gasteiger partial charge in [-0.3, -0.25) is 4.98 Å². The maximum atomic E-state index is 11.3. The third kappa shape index (κ3) is 3.77. The molecule has 0 aliphatic rings. The number of rotatable bonds is 4. The predicted molar refractivity (Wildman–Crippen MR) is 111 cm³/mol. The highest BCUT2D eigenvalue weighted by Crippen LogP contribution is 2.27. The molecular formula is C20H15ClN6O2. The number of hydrogen-bond acceptors (Lipinski definition) is 7. The lowest BCUT2D eigenvalue weighted by Gasteiger charge is -2.12. The van der Waals surface area contributed by atoms with Crippen molar-refractivity contribution in [2.75, 3.05) is 10.6 Å². The third-order valence-corrected chi connectivity index (χ3v) is 4.60. The van der Waals surface area contributed by atoms with Crippen LogP contribution in [0.5, 0.6) is 0 Å². The van der Waals surface area contributed by atoms with Crippen molar-refractivity contribution in [3.8, 4) is 6.07 Å². The van der Waals surface area contributed by atoms with E-state index in [0.717, 1.165) is 16.8 Å². The molecule has 0 aliphatic carbocycles. The Bertz CT molecular complexity index is 1310. The number of hydrogen-bond donors (Lipinski definition) is 3. The van der Waals surface area contributed by atoms with Crippen molar-refractivity contribution in [3.63, 3.8) is 0 Å². The first kappa shape index (κ1) is 18.5. The number of benzene rings is 2. The van der Waals surface area contributed by atoms with Crippen LogP contribution in [0.15, 0.2) is 45.7 Å². The Morgan fingerprint density at radius 3 is 2.62 bits per heavy atom. The SMILES string of the molecule is Cc1cc(Nc2ncc(Cl)c(Nc3ccc4oc(=O)[nH]c4c3)n2)cc(C)c1C#N. The highest BCUT2D eigenvalue weighted by Gasteiger charge is 2.10. The summed E-state index contributed by atoms with van der Waals surface area (Å²) in [6.45, 7) is 3.76. The molecular weight excluding hydrogens is 392 g/mol. The summed E-state index contributed by atoms with van der Waals surface area (Å²) in [7, 11) is 0. The van der Waals surface area contributed by atoms with Gasteiger partial charge in [0.1, 0.15) is 5.02 Å².